The molecule has 0 bridgehead atoms. The van der Waals surface area contributed by atoms with Crippen LogP contribution in [0.4, 0.5) is 22.7 Å². The number of nitrogens with two attached hydrogens (primary N) is 1. The number of benzene rings is 2. The second kappa shape index (κ2) is 5.66. The second-order valence-corrected chi connectivity index (χ2v) is 4.55. The third kappa shape index (κ3) is 3.10. The number of nitro groups is 1. The molecule has 20 heavy (non-hydrogen) atoms. The first-order valence-corrected chi connectivity index (χ1v) is 6.07. The molecule has 7 heteroatoms. The van der Waals surface area contributed by atoms with Gasteiger partial charge in [0.05, 0.1) is 15.6 Å². The maximum absolute atomic E-state index is 10.6. The Labute approximate surface area is 120 Å². The van der Waals surface area contributed by atoms with Gasteiger partial charge < -0.3 is 5.73 Å². The summed E-state index contributed by atoms with van der Waals surface area (Å²) in [5.74, 6) is 0. The number of rotatable bonds is 3. The highest BCUT2D eigenvalue weighted by Gasteiger charge is 2.09. The van der Waals surface area contributed by atoms with E-state index in [9.17, 15) is 10.1 Å². The third-order valence-corrected chi connectivity index (χ3v) is 2.93. The Morgan fingerprint density at radius 2 is 1.80 bits per heavy atom. The van der Waals surface area contributed by atoms with Gasteiger partial charge >= 0.3 is 0 Å². The van der Waals surface area contributed by atoms with Crippen molar-refractivity contribution in [3.8, 4) is 0 Å². The zero-order valence-electron chi connectivity index (χ0n) is 10.6. The van der Waals surface area contributed by atoms with Crippen LogP contribution in [0.2, 0.25) is 5.02 Å². The molecule has 0 radical (unpaired) electrons. The van der Waals surface area contributed by atoms with Crippen molar-refractivity contribution in [2.75, 3.05) is 5.73 Å². The molecule has 0 fully saturated rings. The van der Waals surface area contributed by atoms with Crippen LogP contribution in [0, 0.1) is 17.0 Å². The normalized spacial score (nSPS) is 10.9. The molecule has 102 valence electrons. The predicted molar refractivity (Wildman–Crippen MR) is 77.9 cm³/mol. The van der Waals surface area contributed by atoms with Crippen molar-refractivity contribution in [2.45, 2.75) is 6.92 Å². The fraction of sp³-hybridized carbons (Fsp3) is 0.0769. The summed E-state index contributed by atoms with van der Waals surface area (Å²) in [6.07, 6.45) is 0. The zero-order chi connectivity index (χ0) is 14.7. The van der Waals surface area contributed by atoms with Gasteiger partial charge in [0.1, 0.15) is 5.69 Å². The van der Waals surface area contributed by atoms with Gasteiger partial charge in [-0.15, -0.1) is 5.11 Å². The van der Waals surface area contributed by atoms with Gasteiger partial charge in [-0.05, 0) is 36.8 Å². The molecule has 2 aromatic carbocycles. The van der Waals surface area contributed by atoms with E-state index in [2.05, 4.69) is 10.2 Å². The lowest BCUT2D eigenvalue weighted by Gasteiger charge is -2.01. The first-order valence-electron chi connectivity index (χ1n) is 5.69. The Bertz CT molecular complexity index is 701. The summed E-state index contributed by atoms with van der Waals surface area (Å²) >= 11 is 5.93. The van der Waals surface area contributed by atoms with Gasteiger partial charge in [0.25, 0.3) is 5.69 Å². The number of halogens is 1. The molecule has 0 saturated heterocycles. The standard InChI is InChI=1S/C13H11ClN4O2/c1-8-6-9(15)2-4-12(8)16-17-13-5-3-10(18(19)20)7-11(13)14/h2-7H,15H2,1H3. The van der Waals surface area contributed by atoms with E-state index in [1.807, 2.05) is 6.92 Å². The van der Waals surface area contributed by atoms with Gasteiger partial charge in [-0.1, -0.05) is 11.6 Å². The molecule has 2 rings (SSSR count). The summed E-state index contributed by atoms with van der Waals surface area (Å²) in [6.45, 7) is 1.86. The molecular formula is C13H11ClN4O2. The Morgan fingerprint density at radius 3 is 2.40 bits per heavy atom. The number of non-ortho nitro benzene ring substituents is 1. The monoisotopic (exact) mass is 290 g/mol. The Balaban J connectivity index is 2.29. The minimum atomic E-state index is -0.517. The Hall–Kier alpha value is -2.47. The van der Waals surface area contributed by atoms with Gasteiger partial charge in [-0.3, -0.25) is 10.1 Å². The smallest absolute Gasteiger partial charge is 0.271 e. The zero-order valence-corrected chi connectivity index (χ0v) is 11.3. The predicted octanol–water partition coefficient (Wildman–Crippen LogP) is 4.55. The molecule has 0 atom stereocenters. The van der Waals surface area contributed by atoms with E-state index in [4.69, 9.17) is 17.3 Å². The van der Waals surface area contributed by atoms with E-state index in [1.165, 1.54) is 18.2 Å². The quantitative estimate of drug-likeness (QED) is 0.389. The number of nitrogens with zero attached hydrogens (tertiary/aromatic N) is 3. The van der Waals surface area contributed by atoms with Crippen LogP contribution in [-0.4, -0.2) is 4.92 Å². The van der Waals surface area contributed by atoms with Crippen molar-refractivity contribution in [2.24, 2.45) is 10.2 Å². The minimum absolute atomic E-state index is 0.0855. The molecule has 0 saturated carbocycles. The third-order valence-electron chi connectivity index (χ3n) is 2.63. The Kier molecular flexibility index (Phi) is 3.95. The van der Waals surface area contributed by atoms with Gasteiger partial charge in [0, 0.05) is 17.8 Å². The van der Waals surface area contributed by atoms with Crippen LogP contribution in [0.15, 0.2) is 46.6 Å². The average Bonchev–Trinajstić information content (AvgIpc) is 2.38. The highest BCUT2D eigenvalue weighted by Crippen LogP contribution is 2.31. The maximum Gasteiger partial charge on any atom is 0.271 e. The molecular weight excluding hydrogens is 280 g/mol. The van der Waals surface area contributed by atoms with Crippen LogP contribution in [0.1, 0.15) is 5.56 Å². The maximum atomic E-state index is 10.6. The largest absolute Gasteiger partial charge is 0.399 e. The lowest BCUT2D eigenvalue weighted by Crippen LogP contribution is -1.86. The van der Waals surface area contributed by atoms with Crippen molar-refractivity contribution in [3.63, 3.8) is 0 Å². The van der Waals surface area contributed by atoms with Gasteiger partial charge in [-0.25, -0.2) is 0 Å². The molecule has 6 nitrogen and oxygen atoms in total. The summed E-state index contributed by atoms with van der Waals surface area (Å²) in [4.78, 5) is 10.1. The number of nitrogen functional groups attached to an aromatic ring is 1. The molecule has 0 aliphatic heterocycles. The highest BCUT2D eigenvalue weighted by molar-refractivity contribution is 6.33. The number of hydrogen-bond donors (Lipinski definition) is 1. The van der Waals surface area contributed by atoms with E-state index >= 15 is 0 Å². The molecule has 2 aromatic rings. The van der Waals surface area contributed by atoms with E-state index in [0.717, 1.165) is 5.56 Å². The van der Waals surface area contributed by atoms with Crippen LogP contribution >= 0.6 is 11.6 Å². The van der Waals surface area contributed by atoms with E-state index in [0.29, 0.717) is 17.1 Å². The van der Waals surface area contributed by atoms with Crippen LogP contribution < -0.4 is 5.73 Å². The summed E-state index contributed by atoms with van der Waals surface area (Å²) in [7, 11) is 0. The molecule has 0 spiro atoms. The molecule has 0 unspecified atom stereocenters. The lowest BCUT2D eigenvalue weighted by atomic mass is 10.2. The number of anilines is 1. The van der Waals surface area contributed by atoms with E-state index in [1.54, 1.807) is 18.2 Å². The number of aryl methyl sites for hydroxylation is 1. The molecule has 0 aromatic heterocycles. The molecule has 0 aliphatic carbocycles. The summed E-state index contributed by atoms with van der Waals surface area (Å²) < 4.78 is 0. The topological polar surface area (TPSA) is 93.9 Å². The first-order chi connectivity index (χ1) is 9.47. The van der Waals surface area contributed by atoms with Crippen LogP contribution in [0.3, 0.4) is 0 Å². The molecule has 0 amide bonds. The van der Waals surface area contributed by atoms with Crippen molar-refractivity contribution >= 4 is 34.4 Å². The molecule has 2 N–H and O–H groups in total. The summed E-state index contributed by atoms with van der Waals surface area (Å²) in [6, 6.07) is 9.27. The van der Waals surface area contributed by atoms with Crippen molar-refractivity contribution in [1.29, 1.82) is 0 Å². The number of azo groups is 1. The van der Waals surface area contributed by atoms with Crippen LogP contribution in [0.25, 0.3) is 0 Å². The first kappa shape index (κ1) is 14.0. The average molecular weight is 291 g/mol. The minimum Gasteiger partial charge on any atom is -0.399 e. The van der Waals surface area contributed by atoms with E-state index < -0.39 is 4.92 Å². The second-order valence-electron chi connectivity index (χ2n) is 4.14. The van der Waals surface area contributed by atoms with Gasteiger partial charge in [0.15, 0.2) is 0 Å². The fourth-order valence-corrected chi connectivity index (χ4v) is 1.80. The van der Waals surface area contributed by atoms with Crippen molar-refractivity contribution in [1.82, 2.24) is 0 Å². The van der Waals surface area contributed by atoms with Gasteiger partial charge in [0.2, 0.25) is 0 Å². The number of nitro benzene ring substituents is 1. The van der Waals surface area contributed by atoms with E-state index in [-0.39, 0.29) is 10.7 Å². The van der Waals surface area contributed by atoms with Crippen molar-refractivity contribution in [3.05, 3.63) is 57.1 Å². The van der Waals surface area contributed by atoms with Crippen LogP contribution in [-0.2, 0) is 0 Å². The number of hydrogen-bond acceptors (Lipinski definition) is 5. The fourth-order valence-electron chi connectivity index (χ4n) is 1.59. The summed E-state index contributed by atoms with van der Waals surface area (Å²) in [5, 5.41) is 18.8. The molecule has 0 aliphatic rings. The van der Waals surface area contributed by atoms with Crippen LogP contribution in [0.5, 0.6) is 0 Å². The Morgan fingerprint density at radius 1 is 1.15 bits per heavy atom. The summed E-state index contributed by atoms with van der Waals surface area (Å²) in [5.41, 5.74) is 8.12. The highest BCUT2D eigenvalue weighted by atomic mass is 35.5. The SMILES string of the molecule is Cc1cc(N)ccc1N=Nc1ccc([N+](=O)[O-])cc1Cl. The molecule has 0 heterocycles. The van der Waals surface area contributed by atoms with Crippen molar-refractivity contribution < 1.29 is 4.92 Å². The van der Waals surface area contributed by atoms with Gasteiger partial charge in [-0.2, -0.15) is 5.11 Å². The lowest BCUT2D eigenvalue weighted by molar-refractivity contribution is -0.384.